The molecule has 0 atom stereocenters. The maximum Gasteiger partial charge on any atom is 0.223 e. The monoisotopic (exact) mass is 275 g/mol. The predicted octanol–water partition coefficient (Wildman–Crippen LogP) is 1.35. The highest BCUT2D eigenvalue weighted by molar-refractivity contribution is 5.80. The first-order valence-electron chi connectivity index (χ1n) is 7.15. The van der Waals surface area contributed by atoms with Crippen LogP contribution in [0.4, 0.5) is 0 Å². The number of rotatable bonds is 4. The van der Waals surface area contributed by atoms with Crippen molar-refractivity contribution in [3.8, 4) is 0 Å². The van der Waals surface area contributed by atoms with Gasteiger partial charge in [0.25, 0.3) is 0 Å². The molecule has 0 aliphatic carbocycles. The molecule has 0 radical (unpaired) electrons. The number of amides is 2. The first-order chi connectivity index (χ1) is 9.70. The number of carbonyl (C=O) groups is 2. The number of pyridine rings is 1. The van der Waals surface area contributed by atoms with E-state index >= 15 is 0 Å². The lowest BCUT2D eigenvalue weighted by molar-refractivity contribution is -0.135. The van der Waals surface area contributed by atoms with Crippen LogP contribution in [-0.4, -0.2) is 34.8 Å². The van der Waals surface area contributed by atoms with E-state index in [1.807, 2.05) is 24.0 Å². The van der Waals surface area contributed by atoms with E-state index in [0.29, 0.717) is 26.1 Å². The van der Waals surface area contributed by atoms with Gasteiger partial charge in [-0.3, -0.25) is 14.6 Å². The molecule has 0 spiro atoms. The molecule has 1 aromatic heterocycles. The van der Waals surface area contributed by atoms with E-state index in [1.54, 1.807) is 12.4 Å². The van der Waals surface area contributed by atoms with Crippen LogP contribution in [0.25, 0.3) is 0 Å². The number of piperidine rings is 1. The number of carbonyl (C=O) groups excluding carboxylic acids is 2. The third-order valence-corrected chi connectivity index (χ3v) is 3.71. The van der Waals surface area contributed by atoms with Crippen LogP contribution >= 0.6 is 0 Å². The quantitative estimate of drug-likeness (QED) is 0.902. The molecule has 2 heterocycles. The van der Waals surface area contributed by atoms with Gasteiger partial charge in [-0.1, -0.05) is 13.0 Å². The van der Waals surface area contributed by atoms with Crippen LogP contribution in [0.1, 0.15) is 31.7 Å². The minimum Gasteiger partial charge on any atom is -0.352 e. The summed E-state index contributed by atoms with van der Waals surface area (Å²) in [4.78, 5) is 29.5. The lowest BCUT2D eigenvalue weighted by Gasteiger charge is -2.31. The maximum absolute atomic E-state index is 12.1. The Kier molecular flexibility index (Phi) is 5.09. The molecule has 20 heavy (non-hydrogen) atoms. The Hall–Kier alpha value is -1.91. The lowest BCUT2D eigenvalue weighted by Crippen LogP contribution is -2.42. The van der Waals surface area contributed by atoms with Gasteiger partial charge in [-0.2, -0.15) is 0 Å². The van der Waals surface area contributed by atoms with Gasteiger partial charge in [-0.15, -0.1) is 0 Å². The molecule has 0 unspecified atom stereocenters. The first-order valence-corrected chi connectivity index (χ1v) is 7.15. The summed E-state index contributed by atoms with van der Waals surface area (Å²) in [6, 6.07) is 3.80. The lowest BCUT2D eigenvalue weighted by atomic mass is 9.95. The van der Waals surface area contributed by atoms with Crippen LogP contribution in [0.15, 0.2) is 24.5 Å². The van der Waals surface area contributed by atoms with Gasteiger partial charge >= 0.3 is 0 Å². The van der Waals surface area contributed by atoms with E-state index in [2.05, 4.69) is 10.3 Å². The molecular formula is C15H21N3O2. The fraction of sp³-hybridized carbons (Fsp3) is 0.533. The van der Waals surface area contributed by atoms with Crippen LogP contribution in [0.3, 0.4) is 0 Å². The van der Waals surface area contributed by atoms with Gasteiger partial charge in [0.15, 0.2) is 0 Å². The average Bonchev–Trinajstić information content (AvgIpc) is 2.53. The molecular weight excluding hydrogens is 254 g/mol. The fourth-order valence-electron chi connectivity index (χ4n) is 2.45. The van der Waals surface area contributed by atoms with E-state index in [-0.39, 0.29) is 17.7 Å². The SMILES string of the molecule is CCC(=O)N1CCC(C(=O)NCc2cccnc2)CC1. The second kappa shape index (κ2) is 7.03. The van der Waals surface area contributed by atoms with E-state index in [1.165, 1.54) is 0 Å². The predicted molar refractivity (Wildman–Crippen MR) is 75.7 cm³/mol. The van der Waals surface area contributed by atoms with Gasteiger partial charge in [-0.05, 0) is 24.5 Å². The van der Waals surface area contributed by atoms with Crippen molar-refractivity contribution in [2.75, 3.05) is 13.1 Å². The van der Waals surface area contributed by atoms with Gasteiger partial charge in [0.05, 0.1) is 0 Å². The van der Waals surface area contributed by atoms with Crippen molar-refractivity contribution in [2.45, 2.75) is 32.7 Å². The standard InChI is InChI=1S/C15H21N3O2/c1-2-14(19)18-8-5-13(6-9-18)15(20)17-11-12-4-3-7-16-10-12/h3-4,7,10,13H,2,5-6,8-9,11H2,1H3,(H,17,20). The molecule has 0 aromatic carbocycles. The van der Waals surface area contributed by atoms with Crippen molar-refractivity contribution in [2.24, 2.45) is 5.92 Å². The number of hydrogen-bond acceptors (Lipinski definition) is 3. The van der Waals surface area contributed by atoms with Gasteiger partial charge in [0, 0.05) is 44.4 Å². The van der Waals surface area contributed by atoms with Crippen molar-refractivity contribution < 1.29 is 9.59 Å². The zero-order valence-corrected chi connectivity index (χ0v) is 11.8. The van der Waals surface area contributed by atoms with E-state index < -0.39 is 0 Å². The molecule has 2 amide bonds. The summed E-state index contributed by atoms with van der Waals surface area (Å²) in [6.45, 7) is 3.77. The highest BCUT2D eigenvalue weighted by atomic mass is 16.2. The Balaban J connectivity index is 1.76. The van der Waals surface area contributed by atoms with Crippen molar-refractivity contribution >= 4 is 11.8 Å². The second-order valence-corrected chi connectivity index (χ2v) is 5.09. The Morgan fingerprint density at radius 3 is 2.75 bits per heavy atom. The number of aromatic nitrogens is 1. The molecule has 1 aliphatic rings. The zero-order valence-electron chi connectivity index (χ0n) is 11.8. The van der Waals surface area contributed by atoms with E-state index in [9.17, 15) is 9.59 Å². The van der Waals surface area contributed by atoms with Gasteiger partial charge < -0.3 is 10.2 Å². The van der Waals surface area contributed by atoms with Crippen molar-refractivity contribution in [3.63, 3.8) is 0 Å². The maximum atomic E-state index is 12.1. The largest absolute Gasteiger partial charge is 0.352 e. The van der Waals surface area contributed by atoms with Crippen LogP contribution in [0.2, 0.25) is 0 Å². The summed E-state index contributed by atoms with van der Waals surface area (Å²) in [7, 11) is 0. The van der Waals surface area contributed by atoms with Crippen LogP contribution in [-0.2, 0) is 16.1 Å². The second-order valence-electron chi connectivity index (χ2n) is 5.09. The number of hydrogen-bond donors (Lipinski definition) is 1. The van der Waals surface area contributed by atoms with Gasteiger partial charge in [0.1, 0.15) is 0 Å². The average molecular weight is 275 g/mol. The molecule has 1 fully saturated rings. The molecule has 0 saturated carbocycles. The summed E-state index contributed by atoms with van der Waals surface area (Å²) < 4.78 is 0. The van der Waals surface area contributed by atoms with Crippen molar-refractivity contribution in [3.05, 3.63) is 30.1 Å². The first kappa shape index (κ1) is 14.5. The number of nitrogens with zero attached hydrogens (tertiary/aromatic N) is 2. The van der Waals surface area contributed by atoms with E-state index in [0.717, 1.165) is 18.4 Å². The highest BCUT2D eigenvalue weighted by Gasteiger charge is 2.26. The topological polar surface area (TPSA) is 62.3 Å². The van der Waals surface area contributed by atoms with Crippen LogP contribution < -0.4 is 5.32 Å². The Bertz CT molecular complexity index is 453. The molecule has 1 aliphatic heterocycles. The number of likely N-dealkylation sites (tertiary alicyclic amines) is 1. The minimum absolute atomic E-state index is 0.0209. The Labute approximate surface area is 119 Å². The summed E-state index contributed by atoms with van der Waals surface area (Å²) >= 11 is 0. The fourth-order valence-corrected chi connectivity index (χ4v) is 2.45. The van der Waals surface area contributed by atoms with Crippen molar-refractivity contribution in [1.82, 2.24) is 15.2 Å². The molecule has 5 heteroatoms. The summed E-state index contributed by atoms with van der Waals surface area (Å²) in [5, 5.41) is 2.94. The summed E-state index contributed by atoms with van der Waals surface area (Å²) in [5.74, 6) is 0.282. The highest BCUT2D eigenvalue weighted by Crippen LogP contribution is 2.18. The summed E-state index contributed by atoms with van der Waals surface area (Å²) in [6.07, 6.45) is 5.52. The molecule has 0 bridgehead atoms. The molecule has 5 nitrogen and oxygen atoms in total. The minimum atomic E-state index is 0.0209. The molecule has 108 valence electrons. The molecule has 2 rings (SSSR count). The van der Waals surface area contributed by atoms with Crippen LogP contribution in [0.5, 0.6) is 0 Å². The van der Waals surface area contributed by atoms with Crippen LogP contribution in [0, 0.1) is 5.92 Å². The third-order valence-electron chi connectivity index (χ3n) is 3.71. The Morgan fingerprint density at radius 2 is 2.15 bits per heavy atom. The normalized spacial score (nSPS) is 15.9. The molecule has 1 aromatic rings. The zero-order chi connectivity index (χ0) is 14.4. The Morgan fingerprint density at radius 1 is 1.40 bits per heavy atom. The summed E-state index contributed by atoms with van der Waals surface area (Å²) in [5.41, 5.74) is 0.999. The molecule has 1 saturated heterocycles. The van der Waals surface area contributed by atoms with Gasteiger partial charge in [0.2, 0.25) is 11.8 Å². The van der Waals surface area contributed by atoms with E-state index in [4.69, 9.17) is 0 Å². The third kappa shape index (κ3) is 3.79. The smallest absolute Gasteiger partial charge is 0.223 e. The van der Waals surface area contributed by atoms with Crippen molar-refractivity contribution in [1.29, 1.82) is 0 Å². The molecule has 1 N–H and O–H groups in total. The number of nitrogens with one attached hydrogen (secondary N) is 1. The van der Waals surface area contributed by atoms with Gasteiger partial charge in [-0.25, -0.2) is 0 Å².